The van der Waals surface area contributed by atoms with E-state index in [1.54, 1.807) is 16.9 Å². The fraction of sp³-hybridized carbons (Fsp3) is 0.111. The Morgan fingerprint density at radius 2 is 2.29 bits per heavy atom. The van der Waals surface area contributed by atoms with Gasteiger partial charge < -0.3 is 0 Å². The summed E-state index contributed by atoms with van der Waals surface area (Å²) in [7, 11) is 0. The number of aryl methyl sites for hydroxylation is 1. The van der Waals surface area contributed by atoms with Crippen LogP contribution in [0.25, 0.3) is 5.82 Å². The lowest BCUT2D eigenvalue weighted by Gasteiger charge is -1.98. The van der Waals surface area contributed by atoms with Gasteiger partial charge in [-0.1, -0.05) is 0 Å². The van der Waals surface area contributed by atoms with Gasteiger partial charge in [0.05, 0.1) is 11.8 Å². The SMILES string of the molecule is Cc1cc(-n2cc(C=O)cn2)ncn1. The van der Waals surface area contributed by atoms with Crippen molar-refractivity contribution in [2.75, 3.05) is 0 Å². The Hall–Kier alpha value is -2.04. The molecule has 0 saturated heterocycles. The largest absolute Gasteiger partial charge is 0.298 e. The average Bonchev–Trinajstić information content (AvgIpc) is 2.66. The molecular weight excluding hydrogens is 180 g/mol. The molecule has 0 aliphatic heterocycles. The standard InChI is InChI=1S/C9H8N4O/c1-7-2-9(11-6-10-7)13-4-8(5-14)3-12-13/h2-6H,1H3. The average molecular weight is 188 g/mol. The summed E-state index contributed by atoms with van der Waals surface area (Å²) in [5.41, 5.74) is 1.39. The lowest BCUT2D eigenvalue weighted by Crippen LogP contribution is -1.98. The third-order valence-corrected chi connectivity index (χ3v) is 1.76. The second kappa shape index (κ2) is 3.37. The molecule has 14 heavy (non-hydrogen) atoms. The van der Waals surface area contributed by atoms with Crippen molar-refractivity contribution in [3.8, 4) is 5.82 Å². The lowest BCUT2D eigenvalue weighted by molar-refractivity contribution is 0.112. The second-order valence-corrected chi connectivity index (χ2v) is 2.85. The molecule has 0 spiro atoms. The molecule has 0 amide bonds. The minimum atomic E-state index is 0.529. The summed E-state index contributed by atoms with van der Waals surface area (Å²) in [6, 6.07) is 1.79. The van der Waals surface area contributed by atoms with E-state index in [1.807, 2.05) is 6.92 Å². The number of aromatic nitrogens is 4. The first-order chi connectivity index (χ1) is 6.79. The van der Waals surface area contributed by atoms with Gasteiger partial charge in [0.15, 0.2) is 12.1 Å². The van der Waals surface area contributed by atoms with Crippen molar-refractivity contribution in [1.29, 1.82) is 0 Å². The summed E-state index contributed by atoms with van der Waals surface area (Å²) in [5.74, 6) is 0.658. The van der Waals surface area contributed by atoms with Crippen molar-refractivity contribution in [1.82, 2.24) is 19.7 Å². The first kappa shape index (κ1) is 8.55. The van der Waals surface area contributed by atoms with E-state index < -0.39 is 0 Å². The van der Waals surface area contributed by atoms with Gasteiger partial charge in [-0.15, -0.1) is 0 Å². The maximum absolute atomic E-state index is 10.4. The minimum absolute atomic E-state index is 0.529. The van der Waals surface area contributed by atoms with Crippen molar-refractivity contribution < 1.29 is 4.79 Å². The van der Waals surface area contributed by atoms with Gasteiger partial charge in [0.2, 0.25) is 0 Å². The highest BCUT2D eigenvalue weighted by Crippen LogP contribution is 2.04. The fourth-order valence-corrected chi connectivity index (χ4v) is 1.09. The summed E-state index contributed by atoms with van der Waals surface area (Å²) in [4.78, 5) is 18.4. The molecule has 0 radical (unpaired) electrons. The lowest BCUT2D eigenvalue weighted by atomic mass is 10.4. The molecule has 0 unspecified atom stereocenters. The van der Waals surface area contributed by atoms with E-state index in [-0.39, 0.29) is 0 Å². The third kappa shape index (κ3) is 1.52. The molecule has 2 aromatic rings. The predicted molar refractivity (Wildman–Crippen MR) is 49.3 cm³/mol. The first-order valence-corrected chi connectivity index (χ1v) is 4.08. The van der Waals surface area contributed by atoms with Crippen molar-refractivity contribution >= 4 is 6.29 Å². The van der Waals surface area contributed by atoms with Crippen LogP contribution in [0.3, 0.4) is 0 Å². The van der Waals surface area contributed by atoms with E-state index in [9.17, 15) is 4.79 Å². The van der Waals surface area contributed by atoms with E-state index in [4.69, 9.17) is 0 Å². The number of carbonyl (C=O) groups is 1. The highest BCUT2D eigenvalue weighted by molar-refractivity contribution is 5.73. The normalized spacial score (nSPS) is 10.1. The molecule has 0 bridgehead atoms. The third-order valence-electron chi connectivity index (χ3n) is 1.76. The Labute approximate surface area is 80.4 Å². The Balaban J connectivity index is 2.43. The van der Waals surface area contributed by atoms with Crippen LogP contribution in [0, 0.1) is 6.92 Å². The Kier molecular flexibility index (Phi) is 2.06. The van der Waals surface area contributed by atoms with Gasteiger partial charge in [-0.25, -0.2) is 14.6 Å². The zero-order chi connectivity index (χ0) is 9.97. The molecule has 0 N–H and O–H groups in total. The van der Waals surface area contributed by atoms with Crippen molar-refractivity contribution in [2.24, 2.45) is 0 Å². The van der Waals surface area contributed by atoms with Crippen LogP contribution in [0.5, 0.6) is 0 Å². The smallest absolute Gasteiger partial charge is 0.156 e. The number of aldehydes is 1. The maximum atomic E-state index is 10.4. The van der Waals surface area contributed by atoms with Crippen LogP contribution >= 0.6 is 0 Å². The number of rotatable bonds is 2. The van der Waals surface area contributed by atoms with Crippen molar-refractivity contribution in [3.05, 3.63) is 36.0 Å². The molecule has 5 heteroatoms. The summed E-state index contributed by atoms with van der Waals surface area (Å²) in [6.07, 6.45) is 5.32. The van der Waals surface area contributed by atoms with E-state index >= 15 is 0 Å². The molecule has 2 heterocycles. The van der Waals surface area contributed by atoms with Crippen LogP contribution in [-0.2, 0) is 0 Å². The van der Waals surface area contributed by atoms with Gasteiger partial charge >= 0.3 is 0 Å². The van der Waals surface area contributed by atoms with Crippen molar-refractivity contribution in [2.45, 2.75) is 6.92 Å². The molecule has 0 aromatic carbocycles. The van der Waals surface area contributed by atoms with Crippen LogP contribution in [0.15, 0.2) is 24.8 Å². The molecule has 0 aliphatic rings. The van der Waals surface area contributed by atoms with E-state index in [0.717, 1.165) is 12.0 Å². The molecule has 0 atom stereocenters. The summed E-state index contributed by atoms with van der Waals surface area (Å²) in [6.45, 7) is 1.87. The molecule has 5 nitrogen and oxygen atoms in total. The van der Waals surface area contributed by atoms with E-state index in [2.05, 4.69) is 15.1 Å². The Bertz CT molecular complexity index is 463. The topological polar surface area (TPSA) is 60.7 Å². The van der Waals surface area contributed by atoms with Gasteiger partial charge in [0.25, 0.3) is 0 Å². The second-order valence-electron chi connectivity index (χ2n) is 2.85. The van der Waals surface area contributed by atoms with Gasteiger partial charge in [-0.3, -0.25) is 4.79 Å². The first-order valence-electron chi connectivity index (χ1n) is 4.08. The van der Waals surface area contributed by atoms with Crippen LogP contribution in [0.1, 0.15) is 16.1 Å². The van der Waals surface area contributed by atoms with Gasteiger partial charge in [0, 0.05) is 18.0 Å². The van der Waals surface area contributed by atoms with E-state index in [1.165, 1.54) is 12.5 Å². The zero-order valence-electron chi connectivity index (χ0n) is 7.58. The molecule has 0 fully saturated rings. The number of carbonyl (C=O) groups excluding carboxylic acids is 1. The quantitative estimate of drug-likeness (QED) is 0.653. The van der Waals surface area contributed by atoms with Crippen LogP contribution < -0.4 is 0 Å². The highest BCUT2D eigenvalue weighted by atomic mass is 16.1. The number of hydrogen-bond acceptors (Lipinski definition) is 4. The summed E-state index contributed by atoms with van der Waals surface area (Å²) < 4.78 is 1.54. The monoisotopic (exact) mass is 188 g/mol. The van der Waals surface area contributed by atoms with Gasteiger partial charge in [-0.2, -0.15) is 5.10 Å². The number of nitrogens with zero attached hydrogens (tertiary/aromatic N) is 4. The van der Waals surface area contributed by atoms with Crippen LogP contribution in [0.4, 0.5) is 0 Å². The van der Waals surface area contributed by atoms with Gasteiger partial charge in [-0.05, 0) is 6.92 Å². The molecule has 70 valence electrons. The molecule has 2 rings (SSSR count). The minimum Gasteiger partial charge on any atom is -0.298 e. The zero-order valence-corrected chi connectivity index (χ0v) is 7.58. The molecule has 0 saturated carbocycles. The highest BCUT2D eigenvalue weighted by Gasteiger charge is 2.01. The van der Waals surface area contributed by atoms with Crippen LogP contribution in [0.2, 0.25) is 0 Å². The fourth-order valence-electron chi connectivity index (χ4n) is 1.09. The van der Waals surface area contributed by atoms with Crippen molar-refractivity contribution in [3.63, 3.8) is 0 Å². The van der Waals surface area contributed by atoms with Gasteiger partial charge in [0.1, 0.15) is 6.33 Å². The van der Waals surface area contributed by atoms with E-state index in [0.29, 0.717) is 11.4 Å². The Morgan fingerprint density at radius 3 is 2.93 bits per heavy atom. The molecule has 2 aromatic heterocycles. The molecular formula is C9H8N4O. The predicted octanol–water partition coefficient (Wildman–Crippen LogP) is 0.783. The maximum Gasteiger partial charge on any atom is 0.156 e. The van der Waals surface area contributed by atoms with Crippen LogP contribution in [-0.4, -0.2) is 26.0 Å². The summed E-state index contributed by atoms with van der Waals surface area (Å²) in [5, 5.41) is 3.99. The Morgan fingerprint density at radius 1 is 1.43 bits per heavy atom. The molecule has 0 aliphatic carbocycles. The number of hydrogen-bond donors (Lipinski definition) is 0. The summed E-state index contributed by atoms with van der Waals surface area (Å²) >= 11 is 0.